The molecule has 0 saturated carbocycles. The number of nitrogens with two attached hydrogens (primary N) is 1. The fourth-order valence-electron chi connectivity index (χ4n) is 1.40. The van der Waals surface area contributed by atoms with Crippen LogP contribution in [0.5, 0.6) is 0 Å². The Morgan fingerprint density at radius 1 is 1.35 bits per heavy atom. The molecule has 0 aliphatic rings. The highest BCUT2D eigenvalue weighted by Gasteiger charge is 2.11. The largest absolute Gasteiger partial charge is 0.468 e. The van der Waals surface area contributed by atoms with E-state index in [-0.39, 0.29) is 5.84 Å². The molecule has 0 bridgehead atoms. The lowest BCUT2D eigenvalue weighted by molar-refractivity contribution is 0.527. The van der Waals surface area contributed by atoms with E-state index in [1.807, 2.05) is 13.0 Å². The number of halogens is 1. The Morgan fingerprint density at radius 3 is 2.71 bits per heavy atom. The van der Waals surface area contributed by atoms with Gasteiger partial charge in [0.15, 0.2) is 0 Å². The van der Waals surface area contributed by atoms with Gasteiger partial charge in [-0.3, -0.25) is 5.41 Å². The van der Waals surface area contributed by atoms with E-state index in [2.05, 4.69) is 0 Å². The first-order valence-corrected chi connectivity index (χ1v) is 5.75. The van der Waals surface area contributed by atoms with Crippen molar-refractivity contribution in [2.75, 3.05) is 0 Å². The molecular weight excluding hydrogens is 239 g/mol. The van der Waals surface area contributed by atoms with Crippen molar-refractivity contribution < 1.29 is 8.81 Å². The van der Waals surface area contributed by atoms with E-state index < -0.39 is 5.82 Å². The highest BCUT2D eigenvalue weighted by molar-refractivity contribution is 7.99. The average molecular weight is 250 g/mol. The van der Waals surface area contributed by atoms with Gasteiger partial charge >= 0.3 is 0 Å². The minimum atomic E-state index is -0.400. The second kappa shape index (κ2) is 4.63. The van der Waals surface area contributed by atoms with Crippen molar-refractivity contribution in [1.29, 1.82) is 5.41 Å². The zero-order chi connectivity index (χ0) is 12.4. The maximum absolute atomic E-state index is 13.1. The Labute approximate surface area is 102 Å². The summed E-state index contributed by atoms with van der Waals surface area (Å²) >= 11 is 1.40. The predicted octanol–water partition coefficient (Wildman–Crippen LogP) is 3.16. The Balaban J connectivity index is 2.39. The van der Waals surface area contributed by atoms with E-state index in [0.717, 1.165) is 15.6 Å². The first kappa shape index (κ1) is 11.7. The molecule has 1 aromatic heterocycles. The molecule has 1 aromatic carbocycles. The number of nitrogens with one attached hydrogen (secondary N) is 1. The van der Waals surface area contributed by atoms with E-state index in [9.17, 15) is 4.39 Å². The SMILES string of the molecule is Cc1occc1Sc1ccc(F)cc1C(=N)N. The van der Waals surface area contributed by atoms with E-state index in [1.54, 1.807) is 12.3 Å². The van der Waals surface area contributed by atoms with E-state index in [1.165, 1.54) is 23.9 Å². The summed E-state index contributed by atoms with van der Waals surface area (Å²) in [6, 6.07) is 6.06. The number of rotatable bonds is 3. The zero-order valence-electron chi connectivity index (χ0n) is 9.16. The normalized spacial score (nSPS) is 10.5. The Hall–Kier alpha value is -1.75. The lowest BCUT2D eigenvalue weighted by atomic mass is 10.2. The number of hydrogen-bond acceptors (Lipinski definition) is 3. The molecule has 3 N–H and O–H groups in total. The summed E-state index contributed by atoms with van der Waals surface area (Å²) in [4.78, 5) is 1.67. The molecule has 0 atom stereocenters. The molecule has 2 aromatic rings. The maximum atomic E-state index is 13.1. The van der Waals surface area contributed by atoms with Gasteiger partial charge in [0.25, 0.3) is 0 Å². The summed E-state index contributed by atoms with van der Waals surface area (Å²) in [5.74, 6) is 0.241. The third kappa shape index (κ3) is 2.50. The van der Waals surface area contributed by atoms with Crippen LogP contribution in [-0.4, -0.2) is 5.84 Å². The van der Waals surface area contributed by atoms with Gasteiger partial charge in [-0.1, -0.05) is 11.8 Å². The van der Waals surface area contributed by atoms with Crippen molar-refractivity contribution in [2.45, 2.75) is 16.7 Å². The summed E-state index contributed by atoms with van der Waals surface area (Å²) in [5.41, 5.74) is 5.83. The summed E-state index contributed by atoms with van der Waals surface area (Å²) < 4.78 is 18.3. The van der Waals surface area contributed by atoms with E-state index >= 15 is 0 Å². The van der Waals surface area contributed by atoms with Crippen LogP contribution >= 0.6 is 11.8 Å². The van der Waals surface area contributed by atoms with E-state index in [0.29, 0.717) is 5.56 Å². The number of furan rings is 1. The molecule has 0 saturated heterocycles. The highest BCUT2D eigenvalue weighted by atomic mass is 32.2. The molecule has 0 radical (unpaired) electrons. The van der Waals surface area contributed by atoms with Gasteiger partial charge in [0.2, 0.25) is 0 Å². The number of nitrogen functional groups attached to an aromatic ring is 1. The molecule has 0 fully saturated rings. The van der Waals surface area contributed by atoms with Crippen molar-refractivity contribution in [3.05, 3.63) is 47.7 Å². The van der Waals surface area contributed by atoms with Gasteiger partial charge in [-0.25, -0.2) is 4.39 Å². The van der Waals surface area contributed by atoms with Gasteiger partial charge in [-0.05, 0) is 31.2 Å². The molecule has 5 heteroatoms. The van der Waals surface area contributed by atoms with Gasteiger partial charge in [-0.2, -0.15) is 0 Å². The minimum Gasteiger partial charge on any atom is -0.468 e. The molecule has 3 nitrogen and oxygen atoms in total. The summed E-state index contributed by atoms with van der Waals surface area (Å²) in [6.45, 7) is 1.85. The van der Waals surface area contributed by atoms with Crippen molar-refractivity contribution >= 4 is 17.6 Å². The Kier molecular flexibility index (Phi) is 3.19. The molecule has 0 aliphatic heterocycles. The summed E-state index contributed by atoms with van der Waals surface area (Å²) in [5, 5.41) is 7.43. The van der Waals surface area contributed by atoms with Crippen LogP contribution in [0, 0.1) is 18.2 Å². The number of benzene rings is 1. The zero-order valence-corrected chi connectivity index (χ0v) is 9.98. The maximum Gasteiger partial charge on any atom is 0.124 e. The minimum absolute atomic E-state index is 0.145. The molecular formula is C12H11FN2OS. The number of amidine groups is 1. The smallest absolute Gasteiger partial charge is 0.124 e. The fraction of sp³-hybridized carbons (Fsp3) is 0.0833. The van der Waals surface area contributed by atoms with Crippen LogP contribution < -0.4 is 5.73 Å². The van der Waals surface area contributed by atoms with Crippen molar-refractivity contribution in [2.24, 2.45) is 5.73 Å². The lowest BCUT2D eigenvalue weighted by Gasteiger charge is -2.07. The third-order valence-corrected chi connectivity index (χ3v) is 3.48. The lowest BCUT2D eigenvalue weighted by Crippen LogP contribution is -2.12. The molecule has 88 valence electrons. The van der Waals surface area contributed by atoms with Crippen LogP contribution in [0.2, 0.25) is 0 Å². The van der Waals surface area contributed by atoms with Crippen LogP contribution in [0.3, 0.4) is 0 Å². The van der Waals surface area contributed by atoms with Gasteiger partial charge in [0, 0.05) is 10.5 Å². The fourth-order valence-corrected chi connectivity index (χ4v) is 2.37. The molecule has 0 spiro atoms. The second-order valence-corrected chi connectivity index (χ2v) is 4.58. The molecule has 1 heterocycles. The summed E-state index contributed by atoms with van der Waals surface area (Å²) in [7, 11) is 0. The molecule has 0 unspecified atom stereocenters. The highest BCUT2D eigenvalue weighted by Crippen LogP contribution is 2.33. The van der Waals surface area contributed by atoms with Crippen molar-refractivity contribution in [3.63, 3.8) is 0 Å². The predicted molar refractivity (Wildman–Crippen MR) is 65.0 cm³/mol. The molecule has 17 heavy (non-hydrogen) atoms. The number of hydrogen-bond donors (Lipinski definition) is 2. The second-order valence-electron chi connectivity index (χ2n) is 3.50. The average Bonchev–Trinajstić information content (AvgIpc) is 2.67. The van der Waals surface area contributed by atoms with Gasteiger partial charge < -0.3 is 10.2 Å². The molecule has 0 amide bonds. The Bertz CT molecular complexity index is 565. The van der Waals surface area contributed by atoms with Crippen molar-refractivity contribution in [3.8, 4) is 0 Å². The monoisotopic (exact) mass is 250 g/mol. The van der Waals surface area contributed by atoms with Crippen LogP contribution in [0.25, 0.3) is 0 Å². The van der Waals surface area contributed by atoms with E-state index in [4.69, 9.17) is 15.6 Å². The quantitative estimate of drug-likeness (QED) is 0.649. The van der Waals surface area contributed by atoms with Gasteiger partial charge in [0.1, 0.15) is 17.4 Å². The topological polar surface area (TPSA) is 63.0 Å². The first-order chi connectivity index (χ1) is 8.08. The van der Waals surface area contributed by atoms with Crippen LogP contribution in [0.15, 0.2) is 44.7 Å². The molecule has 0 aliphatic carbocycles. The number of aryl methyl sites for hydroxylation is 1. The van der Waals surface area contributed by atoms with Gasteiger partial charge in [-0.15, -0.1) is 0 Å². The third-order valence-electron chi connectivity index (χ3n) is 2.26. The Morgan fingerprint density at radius 2 is 2.12 bits per heavy atom. The van der Waals surface area contributed by atoms with Crippen LogP contribution in [-0.2, 0) is 0 Å². The standard InChI is InChI=1S/C12H11FN2OS/c1-7-10(4-5-16-7)17-11-3-2-8(13)6-9(11)12(14)15/h2-6H,1H3,(H3,14,15). The first-order valence-electron chi connectivity index (χ1n) is 4.94. The van der Waals surface area contributed by atoms with Crippen LogP contribution in [0.1, 0.15) is 11.3 Å². The van der Waals surface area contributed by atoms with Crippen LogP contribution in [0.4, 0.5) is 4.39 Å². The summed E-state index contributed by atoms with van der Waals surface area (Å²) in [6.07, 6.45) is 1.59. The van der Waals surface area contributed by atoms with Crippen molar-refractivity contribution in [1.82, 2.24) is 0 Å². The van der Waals surface area contributed by atoms with Gasteiger partial charge in [0.05, 0.1) is 11.2 Å². The molecule has 2 rings (SSSR count).